The highest BCUT2D eigenvalue weighted by molar-refractivity contribution is 5.88. The molecular formula is C23H34N4O3. The maximum Gasteiger partial charge on any atom is 0.245 e. The van der Waals surface area contributed by atoms with Crippen LogP contribution in [0.1, 0.15) is 32.8 Å². The fraction of sp³-hybridized carbons (Fsp3) is 0.609. The van der Waals surface area contributed by atoms with Crippen LogP contribution in [0.15, 0.2) is 30.3 Å². The topological polar surface area (TPSA) is 73.0 Å². The van der Waals surface area contributed by atoms with Crippen molar-refractivity contribution in [1.29, 1.82) is 0 Å². The summed E-state index contributed by atoms with van der Waals surface area (Å²) in [6.07, 6.45) is 1.27. The molecule has 0 radical (unpaired) electrons. The monoisotopic (exact) mass is 414 g/mol. The van der Waals surface area contributed by atoms with Gasteiger partial charge in [0.05, 0.1) is 6.04 Å². The SMILES string of the molecule is CC(=O)N1CC(N(CCc2ccccc2)C(=O)C(C)C)CC1C(=O)N1CCNCC1. The molecule has 2 aliphatic heterocycles. The van der Waals surface area contributed by atoms with Crippen LogP contribution < -0.4 is 5.32 Å². The van der Waals surface area contributed by atoms with E-state index in [9.17, 15) is 14.4 Å². The minimum Gasteiger partial charge on any atom is -0.338 e. The molecule has 164 valence electrons. The standard InChI is InChI=1S/C23H34N4O3/c1-17(2)22(29)26(12-9-19-7-5-4-6-8-19)20-15-21(27(16-20)18(3)28)23(30)25-13-10-24-11-14-25/h4-8,17,20-21,24H,9-16H2,1-3H3. The van der Waals surface area contributed by atoms with Crippen LogP contribution in [0, 0.1) is 5.92 Å². The zero-order valence-corrected chi connectivity index (χ0v) is 18.3. The third kappa shape index (κ3) is 5.19. The number of carbonyl (C=O) groups is 3. The summed E-state index contributed by atoms with van der Waals surface area (Å²) in [5.74, 6) is -0.149. The molecule has 2 saturated heterocycles. The van der Waals surface area contributed by atoms with Gasteiger partial charge in [-0.2, -0.15) is 0 Å². The number of nitrogens with one attached hydrogen (secondary N) is 1. The largest absolute Gasteiger partial charge is 0.338 e. The van der Waals surface area contributed by atoms with Gasteiger partial charge in [-0.25, -0.2) is 0 Å². The molecule has 2 heterocycles. The summed E-state index contributed by atoms with van der Waals surface area (Å²) in [6, 6.07) is 9.48. The molecule has 0 bridgehead atoms. The molecule has 0 saturated carbocycles. The first-order chi connectivity index (χ1) is 14.4. The number of hydrogen-bond donors (Lipinski definition) is 1. The van der Waals surface area contributed by atoms with Crippen LogP contribution in [-0.4, -0.2) is 83.8 Å². The van der Waals surface area contributed by atoms with Crippen molar-refractivity contribution >= 4 is 17.7 Å². The van der Waals surface area contributed by atoms with Crippen molar-refractivity contribution < 1.29 is 14.4 Å². The maximum atomic E-state index is 13.2. The smallest absolute Gasteiger partial charge is 0.245 e. The molecule has 3 rings (SSSR count). The molecule has 7 heteroatoms. The van der Waals surface area contributed by atoms with E-state index in [0.717, 1.165) is 19.5 Å². The number of hydrogen-bond acceptors (Lipinski definition) is 4. The summed E-state index contributed by atoms with van der Waals surface area (Å²) in [6.45, 7) is 9.20. The van der Waals surface area contributed by atoms with E-state index in [1.165, 1.54) is 12.5 Å². The van der Waals surface area contributed by atoms with Gasteiger partial charge in [0.15, 0.2) is 0 Å². The Hall–Kier alpha value is -2.41. The molecule has 0 aromatic heterocycles. The predicted octanol–water partition coefficient (Wildman–Crippen LogP) is 1.13. The second-order valence-electron chi connectivity index (χ2n) is 8.57. The van der Waals surface area contributed by atoms with E-state index in [4.69, 9.17) is 0 Å². The van der Waals surface area contributed by atoms with Crippen molar-refractivity contribution in [1.82, 2.24) is 20.0 Å². The molecule has 30 heavy (non-hydrogen) atoms. The Labute approximate surface area is 179 Å². The summed E-state index contributed by atoms with van der Waals surface area (Å²) < 4.78 is 0. The first-order valence-electron chi connectivity index (χ1n) is 11.0. The van der Waals surface area contributed by atoms with Crippen molar-refractivity contribution in [2.75, 3.05) is 39.3 Å². The summed E-state index contributed by atoms with van der Waals surface area (Å²) in [5, 5.41) is 3.25. The van der Waals surface area contributed by atoms with Gasteiger partial charge in [0.1, 0.15) is 6.04 Å². The Balaban J connectivity index is 1.76. The zero-order chi connectivity index (χ0) is 21.7. The van der Waals surface area contributed by atoms with Crippen LogP contribution in [0.3, 0.4) is 0 Å². The van der Waals surface area contributed by atoms with Crippen molar-refractivity contribution in [3.05, 3.63) is 35.9 Å². The number of likely N-dealkylation sites (tertiary alicyclic amines) is 1. The Bertz CT molecular complexity index is 746. The second-order valence-corrected chi connectivity index (χ2v) is 8.57. The number of amides is 3. The van der Waals surface area contributed by atoms with Gasteiger partial charge in [0.25, 0.3) is 0 Å². The zero-order valence-electron chi connectivity index (χ0n) is 18.3. The van der Waals surface area contributed by atoms with E-state index in [1.807, 2.05) is 41.8 Å². The van der Waals surface area contributed by atoms with Gasteiger partial charge in [-0.3, -0.25) is 14.4 Å². The summed E-state index contributed by atoms with van der Waals surface area (Å²) in [7, 11) is 0. The number of rotatable bonds is 6. The van der Waals surface area contributed by atoms with Crippen LogP contribution in [-0.2, 0) is 20.8 Å². The lowest BCUT2D eigenvalue weighted by Crippen LogP contribution is -2.53. The summed E-state index contributed by atoms with van der Waals surface area (Å²) >= 11 is 0. The molecule has 1 N–H and O–H groups in total. The minimum absolute atomic E-state index is 0.00852. The molecule has 0 spiro atoms. The molecule has 2 fully saturated rings. The fourth-order valence-corrected chi connectivity index (χ4v) is 4.42. The van der Waals surface area contributed by atoms with Crippen LogP contribution in [0.4, 0.5) is 0 Å². The Kier molecular flexibility index (Phi) is 7.48. The van der Waals surface area contributed by atoms with E-state index >= 15 is 0 Å². The van der Waals surface area contributed by atoms with Gasteiger partial charge < -0.3 is 20.0 Å². The average molecular weight is 415 g/mol. The highest BCUT2D eigenvalue weighted by atomic mass is 16.2. The van der Waals surface area contributed by atoms with E-state index in [1.54, 1.807) is 4.90 Å². The Morgan fingerprint density at radius 1 is 1.13 bits per heavy atom. The third-order valence-corrected chi connectivity index (χ3v) is 6.10. The van der Waals surface area contributed by atoms with E-state index < -0.39 is 6.04 Å². The molecule has 1 aromatic rings. The molecule has 1 aromatic carbocycles. The summed E-state index contributed by atoms with van der Waals surface area (Å²) in [5.41, 5.74) is 1.17. The van der Waals surface area contributed by atoms with Gasteiger partial charge in [-0.05, 0) is 18.4 Å². The lowest BCUT2D eigenvalue weighted by molar-refractivity contribution is -0.143. The van der Waals surface area contributed by atoms with Crippen LogP contribution in [0.2, 0.25) is 0 Å². The average Bonchev–Trinajstić information content (AvgIpc) is 3.20. The summed E-state index contributed by atoms with van der Waals surface area (Å²) in [4.78, 5) is 43.9. The van der Waals surface area contributed by atoms with Crippen LogP contribution in [0.5, 0.6) is 0 Å². The van der Waals surface area contributed by atoms with Crippen LogP contribution in [0.25, 0.3) is 0 Å². The predicted molar refractivity (Wildman–Crippen MR) is 116 cm³/mol. The van der Waals surface area contributed by atoms with Gasteiger partial charge in [0, 0.05) is 52.1 Å². The molecule has 2 unspecified atom stereocenters. The van der Waals surface area contributed by atoms with E-state index in [2.05, 4.69) is 17.4 Å². The molecule has 0 aliphatic carbocycles. The lowest BCUT2D eigenvalue weighted by Gasteiger charge is -2.32. The van der Waals surface area contributed by atoms with Gasteiger partial charge >= 0.3 is 0 Å². The van der Waals surface area contributed by atoms with Crippen LogP contribution >= 0.6 is 0 Å². The third-order valence-electron chi connectivity index (χ3n) is 6.10. The van der Waals surface area contributed by atoms with Gasteiger partial charge in [-0.1, -0.05) is 44.2 Å². The number of nitrogens with zero attached hydrogens (tertiary/aromatic N) is 3. The van der Waals surface area contributed by atoms with Crippen molar-refractivity contribution in [3.63, 3.8) is 0 Å². The number of piperazine rings is 1. The van der Waals surface area contributed by atoms with E-state index in [-0.39, 0.29) is 29.7 Å². The fourth-order valence-electron chi connectivity index (χ4n) is 4.42. The quantitative estimate of drug-likeness (QED) is 0.758. The van der Waals surface area contributed by atoms with Crippen molar-refractivity contribution in [2.24, 2.45) is 5.92 Å². The normalized spacial score (nSPS) is 21.7. The number of carbonyl (C=O) groups excluding carboxylic acids is 3. The second kappa shape index (κ2) is 10.1. The molecule has 2 atom stereocenters. The lowest BCUT2D eigenvalue weighted by atomic mass is 10.0. The van der Waals surface area contributed by atoms with Gasteiger partial charge in [-0.15, -0.1) is 0 Å². The van der Waals surface area contributed by atoms with E-state index in [0.29, 0.717) is 32.6 Å². The van der Waals surface area contributed by atoms with Crippen molar-refractivity contribution in [3.8, 4) is 0 Å². The highest BCUT2D eigenvalue weighted by Gasteiger charge is 2.43. The molecule has 7 nitrogen and oxygen atoms in total. The minimum atomic E-state index is -0.482. The Morgan fingerprint density at radius 2 is 1.80 bits per heavy atom. The first kappa shape index (κ1) is 22.3. The highest BCUT2D eigenvalue weighted by Crippen LogP contribution is 2.26. The maximum absolute atomic E-state index is 13.2. The molecular weight excluding hydrogens is 380 g/mol. The Morgan fingerprint density at radius 3 is 2.40 bits per heavy atom. The van der Waals surface area contributed by atoms with Gasteiger partial charge in [0.2, 0.25) is 17.7 Å². The number of benzene rings is 1. The molecule has 2 aliphatic rings. The van der Waals surface area contributed by atoms with Crippen molar-refractivity contribution in [2.45, 2.75) is 45.7 Å². The molecule has 3 amide bonds. The first-order valence-corrected chi connectivity index (χ1v) is 11.0.